The summed E-state index contributed by atoms with van der Waals surface area (Å²) in [5, 5.41) is 2.90. The maximum absolute atomic E-state index is 13.1. The summed E-state index contributed by atoms with van der Waals surface area (Å²) >= 11 is 0. The average molecular weight is 512 g/mol. The van der Waals surface area contributed by atoms with Crippen molar-refractivity contribution in [2.45, 2.75) is 39.7 Å². The Labute approximate surface area is 212 Å². The van der Waals surface area contributed by atoms with Crippen molar-refractivity contribution in [2.24, 2.45) is 0 Å². The number of fused-ring (bicyclic) bond motifs is 1. The third-order valence-electron chi connectivity index (χ3n) is 6.76. The second kappa shape index (κ2) is 10.4. The van der Waals surface area contributed by atoms with Gasteiger partial charge >= 0.3 is 0 Å². The van der Waals surface area contributed by atoms with Gasteiger partial charge in [-0.25, -0.2) is 17.7 Å². The number of carbonyl (C=O) groups is 2. The third kappa shape index (κ3) is 5.29. The van der Waals surface area contributed by atoms with E-state index in [4.69, 9.17) is 0 Å². The molecule has 9 nitrogen and oxygen atoms in total. The number of piperidine rings is 1. The smallest absolute Gasteiger partial charge is 0.255 e. The van der Waals surface area contributed by atoms with Crippen LogP contribution >= 0.6 is 0 Å². The number of anilines is 1. The number of nitrogens with zero attached hydrogens (tertiary/aromatic N) is 4. The molecule has 0 aliphatic carbocycles. The number of aromatic nitrogens is 2. The van der Waals surface area contributed by atoms with Crippen molar-refractivity contribution < 1.29 is 18.0 Å². The highest BCUT2D eigenvalue weighted by molar-refractivity contribution is 7.88. The molecule has 1 atom stereocenters. The second-order valence-electron chi connectivity index (χ2n) is 9.16. The minimum atomic E-state index is -3.28. The minimum Gasteiger partial charge on any atom is -0.339 e. The molecule has 10 heteroatoms. The molecule has 1 aliphatic heterocycles. The fourth-order valence-corrected chi connectivity index (χ4v) is 5.74. The second-order valence-corrected chi connectivity index (χ2v) is 11.1. The summed E-state index contributed by atoms with van der Waals surface area (Å²) in [5.74, 6) is 0.479. The van der Waals surface area contributed by atoms with Crippen LogP contribution < -0.4 is 5.32 Å². The molecule has 1 N–H and O–H groups in total. The predicted molar refractivity (Wildman–Crippen MR) is 141 cm³/mol. The standard InChI is InChI=1S/C26H33N5O4S/c1-5-29(6-2)26(33)19-9-12-21(13-10-19)28-25(32)20-11-14-23-24(16-20)31(18(3)27-23)22-8-7-15-30(17-22)36(4,34)35/h9-14,16,22H,5-8,15,17H2,1-4H3,(H,28,32). The van der Waals surface area contributed by atoms with E-state index in [0.29, 0.717) is 43.0 Å². The monoisotopic (exact) mass is 511 g/mol. The Morgan fingerprint density at radius 1 is 1.08 bits per heavy atom. The topological polar surface area (TPSA) is 105 Å². The maximum atomic E-state index is 13.1. The van der Waals surface area contributed by atoms with Crippen molar-refractivity contribution in [2.75, 3.05) is 37.8 Å². The van der Waals surface area contributed by atoms with Gasteiger partial charge in [0.15, 0.2) is 0 Å². The molecule has 0 bridgehead atoms. The molecule has 2 aromatic carbocycles. The zero-order valence-corrected chi connectivity index (χ0v) is 22.0. The first-order valence-electron chi connectivity index (χ1n) is 12.3. The van der Waals surface area contributed by atoms with Crippen LogP contribution in [0.15, 0.2) is 42.5 Å². The largest absolute Gasteiger partial charge is 0.339 e. The van der Waals surface area contributed by atoms with Gasteiger partial charge in [-0.3, -0.25) is 9.59 Å². The Kier molecular flexibility index (Phi) is 7.46. The van der Waals surface area contributed by atoms with Crippen molar-refractivity contribution in [3.8, 4) is 0 Å². The van der Waals surface area contributed by atoms with Gasteiger partial charge in [-0.1, -0.05) is 0 Å². The molecule has 1 fully saturated rings. The van der Waals surface area contributed by atoms with E-state index in [-0.39, 0.29) is 17.9 Å². The van der Waals surface area contributed by atoms with E-state index in [1.54, 1.807) is 35.2 Å². The predicted octanol–water partition coefficient (Wildman–Crippen LogP) is 3.68. The lowest BCUT2D eigenvalue weighted by Crippen LogP contribution is -2.40. The fraction of sp³-hybridized carbons (Fsp3) is 0.423. The summed E-state index contributed by atoms with van der Waals surface area (Å²) in [5.41, 5.74) is 3.22. The lowest BCUT2D eigenvalue weighted by atomic mass is 10.1. The molecule has 3 aromatic rings. The van der Waals surface area contributed by atoms with Crippen LogP contribution in [-0.4, -0.2) is 71.4 Å². The first-order chi connectivity index (χ1) is 17.1. The van der Waals surface area contributed by atoms with Gasteiger partial charge in [-0.15, -0.1) is 0 Å². The molecule has 0 spiro atoms. The number of benzene rings is 2. The highest BCUT2D eigenvalue weighted by Gasteiger charge is 2.29. The van der Waals surface area contributed by atoms with Crippen LogP contribution in [0.25, 0.3) is 11.0 Å². The molecule has 4 rings (SSSR count). The van der Waals surface area contributed by atoms with Crippen molar-refractivity contribution >= 4 is 38.6 Å². The van der Waals surface area contributed by atoms with Crippen molar-refractivity contribution in [1.82, 2.24) is 18.8 Å². The minimum absolute atomic E-state index is 0.0379. The molecule has 1 unspecified atom stereocenters. The number of hydrogen-bond acceptors (Lipinski definition) is 5. The Morgan fingerprint density at radius 3 is 2.39 bits per heavy atom. The number of amides is 2. The van der Waals surface area contributed by atoms with E-state index in [1.165, 1.54) is 10.6 Å². The SMILES string of the molecule is CCN(CC)C(=O)c1ccc(NC(=O)c2ccc3nc(C)n(C4CCCN(S(C)(=O)=O)C4)c3c2)cc1. The van der Waals surface area contributed by atoms with Crippen LogP contribution in [0.2, 0.25) is 0 Å². The zero-order chi connectivity index (χ0) is 26.0. The Hall–Kier alpha value is -3.24. The summed E-state index contributed by atoms with van der Waals surface area (Å²) in [6.07, 6.45) is 2.85. The third-order valence-corrected chi connectivity index (χ3v) is 8.03. The number of hydrogen-bond donors (Lipinski definition) is 1. The molecule has 0 saturated carbocycles. The van der Waals surface area contributed by atoms with E-state index < -0.39 is 10.0 Å². The molecule has 0 radical (unpaired) electrons. The molecule has 1 saturated heterocycles. The molecule has 2 amide bonds. The van der Waals surface area contributed by atoms with Gasteiger partial charge in [0, 0.05) is 49.0 Å². The lowest BCUT2D eigenvalue weighted by molar-refractivity contribution is 0.0773. The first kappa shape index (κ1) is 25.8. The first-order valence-corrected chi connectivity index (χ1v) is 14.1. The zero-order valence-electron chi connectivity index (χ0n) is 21.2. The molecule has 36 heavy (non-hydrogen) atoms. The van der Waals surface area contributed by atoms with Gasteiger partial charge in [-0.2, -0.15) is 0 Å². The molecule has 1 aliphatic rings. The summed E-state index contributed by atoms with van der Waals surface area (Å²) in [6.45, 7) is 7.97. The van der Waals surface area contributed by atoms with Gasteiger partial charge in [-0.05, 0) is 76.1 Å². The summed E-state index contributed by atoms with van der Waals surface area (Å²) in [6, 6.07) is 12.2. The maximum Gasteiger partial charge on any atom is 0.255 e. The summed E-state index contributed by atoms with van der Waals surface area (Å²) in [7, 11) is -3.28. The lowest BCUT2D eigenvalue weighted by Gasteiger charge is -2.32. The molecule has 2 heterocycles. The molecule has 192 valence electrons. The van der Waals surface area contributed by atoms with Gasteiger partial charge in [0.1, 0.15) is 5.82 Å². The number of imidazole rings is 1. The highest BCUT2D eigenvalue weighted by atomic mass is 32.2. The Balaban J connectivity index is 1.55. The van der Waals surface area contributed by atoms with Gasteiger partial charge in [0.25, 0.3) is 11.8 Å². The van der Waals surface area contributed by atoms with E-state index in [9.17, 15) is 18.0 Å². The number of carbonyl (C=O) groups excluding carboxylic acids is 2. The Bertz CT molecular complexity index is 1380. The van der Waals surface area contributed by atoms with Crippen LogP contribution in [0.3, 0.4) is 0 Å². The van der Waals surface area contributed by atoms with Gasteiger partial charge in [0.05, 0.1) is 17.3 Å². The van der Waals surface area contributed by atoms with Gasteiger partial charge < -0.3 is 14.8 Å². The number of nitrogens with one attached hydrogen (secondary N) is 1. The molecule has 1 aromatic heterocycles. The highest BCUT2D eigenvalue weighted by Crippen LogP contribution is 2.29. The van der Waals surface area contributed by atoms with Crippen molar-refractivity contribution in [1.29, 1.82) is 0 Å². The van der Waals surface area contributed by atoms with Crippen LogP contribution in [0.5, 0.6) is 0 Å². The Morgan fingerprint density at radius 2 is 1.75 bits per heavy atom. The van der Waals surface area contributed by atoms with Gasteiger partial charge in [0.2, 0.25) is 10.0 Å². The molecular weight excluding hydrogens is 478 g/mol. The van der Waals surface area contributed by atoms with E-state index in [1.807, 2.05) is 32.9 Å². The van der Waals surface area contributed by atoms with Crippen molar-refractivity contribution in [3.63, 3.8) is 0 Å². The van der Waals surface area contributed by atoms with E-state index >= 15 is 0 Å². The van der Waals surface area contributed by atoms with Crippen LogP contribution in [0, 0.1) is 6.92 Å². The van der Waals surface area contributed by atoms with Crippen LogP contribution in [0.4, 0.5) is 5.69 Å². The summed E-state index contributed by atoms with van der Waals surface area (Å²) in [4.78, 5) is 32.0. The van der Waals surface area contributed by atoms with Crippen molar-refractivity contribution in [3.05, 3.63) is 59.4 Å². The van der Waals surface area contributed by atoms with Crippen LogP contribution in [-0.2, 0) is 10.0 Å². The van der Waals surface area contributed by atoms with E-state index in [0.717, 1.165) is 29.7 Å². The quantitative estimate of drug-likeness (QED) is 0.521. The van der Waals surface area contributed by atoms with E-state index in [2.05, 4.69) is 14.9 Å². The summed E-state index contributed by atoms with van der Waals surface area (Å²) < 4.78 is 27.8. The normalized spacial score (nSPS) is 16.7. The van der Waals surface area contributed by atoms with Crippen LogP contribution in [0.1, 0.15) is 59.3 Å². The average Bonchev–Trinajstić information content (AvgIpc) is 3.19. The molecular formula is C26H33N5O4S. The number of rotatable bonds is 7. The number of aryl methyl sites for hydroxylation is 1. The fourth-order valence-electron chi connectivity index (χ4n) is 4.84. The number of sulfonamides is 1.